The van der Waals surface area contributed by atoms with E-state index in [0.29, 0.717) is 18.4 Å². The van der Waals surface area contributed by atoms with Crippen LogP contribution in [0.25, 0.3) is 0 Å². The van der Waals surface area contributed by atoms with Crippen molar-refractivity contribution in [2.45, 2.75) is 44.7 Å². The van der Waals surface area contributed by atoms with E-state index in [1.165, 1.54) is 6.07 Å². The Hall–Kier alpha value is -2.37. The Bertz CT molecular complexity index is 725. The Labute approximate surface area is 141 Å². The molecule has 1 aromatic carbocycles. The normalized spacial score (nSPS) is 20.3. The summed E-state index contributed by atoms with van der Waals surface area (Å²) in [6, 6.07) is 9.09. The third kappa shape index (κ3) is 3.75. The fraction of sp³-hybridized carbons (Fsp3) is 0.444. The van der Waals surface area contributed by atoms with E-state index < -0.39 is 0 Å². The van der Waals surface area contributed by atoms with Crippen LogP contribution in [0.4, 0.5) is 4.39 Å². The molecule has 1 aromatic heterocycles. The summed E-state index contributed by atoms with van der Waals surface area (Å²) >= 11 is 0. The molecular formula is C18H23FN4O. The molecule has 3 rings (SSSR count). The van der Waals surface area contributed by atoms with Crippen molar-refractivity contribution in [2.75, 3.05) is 7.05 Å². The summed E-state index contributed by atoms with van der Waals surface area (Å²) in [7, 11) is 1.72. The highest BCUT2D eigenvalue weighted by Crippen LogP contribution is 2.41. The summed E-state index contributed by atoms with van der Waals surface area (Å²) in [6.07, 6.45) is 0.904. The van der Waals surface area contributed by atoms with Crippen molar-refractivity contribution in [1.29, 1.82) is 0 Å². The van der Waals surface area contributed by atoms with Crippen LogP contribution in [0.2, 0.25) is 0 Å². The average molecular weight is 330 g/mol. The predicted molar refractivity (Wildman–Crippen MR) is 91.5 cm³/mol. The van der Waals surface area contributed by atoms with Crippen LogP contribution in [0, 0.1) is 5.82 Å². The van der Waals surface area contributed by atoms with Gasteiger partial charge in [0.05, 0.1) is 12.2 Å². The molecule has 128 valence electrons. The second kappa shape index (κ2) is 7.03. The van der Waals surface area contributed by atoms with Gasteiger partial charge in [0.25, 0.3) is 0 Å². The maximum absolute atomic E-state index is 13.8. The molecule has 6 heteroatoms. The smallest absolute Gasteiger partial charge is 0.191 e. The zero-order valence-electron chi connectivity index (χ0n) is 14.2. The minimum atomic E-state index is -0.141. The number of benzene rings is 1. The standard InChI is InChI=1S/C18H23FN4O/c1-11(2)16-8-12(24-23-16)10-21-18(20-3)22-17-9-14(17)13-6-4-5-7-15(13)19/h4-8,11,14,17H,9-10H2,1-3H3,(H2,20,21,22). The number of aromatic nitrogens is 1. The first-order valence-electron chi connectivity index (χ1n) is 8.25. The molecule has 24 heavy (non-hydrogen) atoms. The first kappa shape index (κ1) is 16.5. The molecule has 2 aromatic rings. The molecule has 1 fully saturated rings. The maximum atomic E-state index is 13.8. The highest BCUT2D eigenvalue weighted by Gasteiger charge is 2.40. The number of nitrogens with zero attached hydrogens (tertiary/aromatic N) is 2. The van der Waals surface area contributed by atoms with Gasteiger partial charge in [0.2, 0.25) is 0 Å². The molecule has 1 aliphatic carbocycles. The lowest BCUT2D eigenvalue weighted by molar-refractivity contribution is 0.372. The van der Waals surface area contributed by atoms with Gasteiger partial charge in [0.1, 0.15) is 5.82 Å². The predicted octanol–water partition coefficient (Wildman–Crippen LogP) is 3.16. The number of rotatable bonds is 5. The monoisotopic (exact) mass is 330 g/mol. The van der Waals surface area contributed by atoms with Gasteiger partial charge in [-0.1, -0.05) is 37.2 Å². The van der Waals surface area contributed by atoms with Gasteiger partial charge < -0.3 is 15.2 Å². The van der Waals surface area contributed by atoms with E-state index in [1.54, 1.807) is 13.1 Å². The molecule has 1 saturated carbocycles. The fourth-order valence-electron chi connectivity index (χ4n) is 2.70. The van der Waals surface area contributed by atoms with Crippen LogP contribution in [0.5, 0.6) is 0 Å². The topological polar surface area (TPSA) is 62.5 Å². The summed E-state index contributed by atoms with van der Waals surface area (Å²) in [5.41, 5.74) is 1.71. The van der Waals surface area contributed by atoms with Crippen LogP contribution >= 0.6 is 0 Å². The third-order valence-corrected chi connectivity index (χ3v) is 4.24. The highest BCUT2D eigenvalue weighted by molar-refractivity contribution is 5.80. The summed E-state index contributed by atoms with van der Waals surface area (Å²) in [5, 5.41) is 10.6. The van der Waals surface area contributed by atoms with Gasteiger partial charge in [-0.15, -0.1) is 0 Å². The largest absolute Gasteiger partial charge is 0.359 e. The molecule has 2 unspecified atom stereocenters. The average Bonchev–Trinajstić information content (AvgIpc) is 3.15. The number of halogens is 1. The molecule has 0 bridgehead atoms. The number of aliphatic imine (C=N–C) groups is 1. The molecule has 2 atom stereocenters. The van der Waals surface area contributed by atoms with E-state index in [-0.39, 0.29) is 17.8 Å². The second-order valence-electron chi connectivity index (χ2n) is 6.41. The molecule has 5 nitrogen and oxygen atoms in total. The van der Waals surface area contributed by atoms with E-state index in [4.69, 9.17) is 4.52 Å². The molecule has 0 saturated heterocycles. The van der Waals surface area contributed by atoms with Crippen molar-refractivity contribution in [2.24, 2.45) is 4.99 Å². The number of nitrogens with one attached hydrogen (secondary N) is 2. The first-order chi connectivity index (χ1) is 11.6. The Morgan fingerprint density at radius 3 is 2.88 bits per heavy atom. The first-order valence-corrected chi connectivity index (χ1v) is 8.25. The molecule has 1 heterocycles. The van der Waals surface area contributed by atoms with E-state index in [0.717, 1.165) is 23.4 Å². The van der Waals surface area contributed by atoms with Crippen molar-refractivity contribution < 1.29 is 8.91 Å². The summed E-state index contributed by atoms with van der Waals surface area (Å²) in [5.74, 6) is 1.84. The molecule has 1 aliphatic rings. The van der Waals surface area contributed by atoms with Crippen molar-refractivity contribution in [1.82, 2.24) is 15.8 Å². The van der Waals surface area contributed by atoms with Crippen LogP contribution in [0.3, 0.4) is 0 Å². The summed E-state index contributed by atoms with van der Waals surface area (Å²) in [4.78, 5) is 4.21. The van der Waals surface area contributed by atoms with E-state index >= 15 is 0 Å². The molecule has 0 radical (unpaired) electrons. The van der Waals surface area contributed by atoms with Gasteiger partial charge in [-0.25, -0.2) is 4.39 Å². The molecule has 0 aliphatic heterocycles. The fourth-order valence-corrected chi connectivity index (χ4v) is 2.70. The van der Waals surface area contributed by atoms with Gasteiger partial charge in [0, 0.05) is 25.1 Å². The van der Waals surface area contributed by atoms with Crippen LogP contribution in [-0.4, -0.2) is 24.2 Å². The van der Waals surface area contributed by atoms with Gasteiger partial charge in [-0.2, -0.15) is 0 Å². The van der Waals surface area contributed by atoms with Crippen molar-refractivity contribution in [3.8, 4) is 0 Å². The molecule has 2 N–H and O–H groups in total. The minimum absolute atomic E-state index is 0.141. The third-order valence-electron chi connectivity index (χ3n) is 4.24. The van der Waals surface area contributed by atoms with Gasteiger partial charge in [-0.05, 0) is 24.0 Å². The number of guanidine groups is 1. The zero-order valence-corrected chi connectivity index (χ0v) is 14.2. The number of hydrogen-bond donors (Lipinski definition) is 2. The van der Waals surface area contributed by atoms with Crippen LogP contribution < -0.4 is 10.6 Å². The Balaban J connectivity index is 1.52. The minimum Gasteiger partial charge on any atom is -0.359 e. The lowest BCUT2D eigenvalue weighted by Gasteiger charge is -2.10. The van der Waals surface area contributed by atoms with Gasteiger partial charge in [-0.3, -0.25) is 4.99 Å². The van der Waals surface area contributed by atoms with E-state index in [9.17, 15) is 4.39 Å². The second-order valence-corrected chi connectivity index (χ2v) is 6.41. The van der Waals surface area contributed by atoms with Crippen LogP contribution in [0.1, 0.15) is 49.1 Å². The zero-order chi connectivity index (χ0) is 17.1. The van der Waals surface area contributed by atoms with Crippen molar-refractivity contribution in [3.05, 3.63) is 53.2 Å². The quantitative estimate of drug-likeness (QED) is 0.653. The van der Waals surface area contributed by atoms with Crippen molar-refractivity contribution in [3.63, 3.8) is 0 Å². The SMILES string of the molecule is CN=C(NCc1cc(C(C)C)no1)NC1CC1c1ccccc1F. The lowest BCUT2D eigenvalue weighted by atomic mass is 10.1. The Kier molecular flexibility index (Phi) is 4.83. The Morgan fingerprint density at radius 2 is 2.21 bits per heavy atom. The van der Waals surface area contributed by atoms with E-state index in [2.05, 4.69) is 34.6 Å². The molecular weight excluding hydrogens is 307 g/mol. The number of hydrogen-bond acceptors (Lipinski definition) is 3. The van der Waals surface area contributed by atoms with Crippen LogP contribution in [-0.2, 0) is 6.54 Å². The Morgan fingerprint density at radius 1 is 1.42 bits per heavy atom. The molecule has 0 spiro atoms. The molecule has 0 amide bonds. The van der Waals surface area contributed by atoms with Crippen molar-refractivity contribution >= 4 is 5.96 Å². The van der Waals surface area contributed by atoms with E-state index in [1.807, 2.05) is 18.2 Å². The summed E-state index contributed by atoms with van der Waals surface area (Å²) in [6.45, 7) is 4.66. The lowest BCUT2D eigenvalue weighted by Crippen LogP contribution is -2.38. The summed E-state index contributed by atoms with van der Waals surface area (Å²) < 4.78 is 19.1. The maximum Gasteiger partial charge on any atom is 0.191 e. The van der Waals surface area contributed by atoms with Gasteiger partial charge in [0.15, 0.2) is 11.7 Å². The van der Waals surface area contributed by atoms with Crippen LogP contribution in [0.15, 0.2) is 39.8 Å². The highest BCUT2D eigenvalue weighted by atomic mass is 19.1. The van der Waals surface area contributed by atoms with Gasteiger partial charge >= 0.3 is 0 Å².